The summed E-state index contributed by atoms with van der Waals surface area (Å²) in [5, 5.41) is 4.61. The summed E-state index contributed by atoms with van der Waals surface area (Å²) in [6, 6.07) is 11.4. The van der Waals surface area contributed by atoms with Gasteiger partial charge in [-0.1, -0.05) is 61.7 Å². The number of benzene rings is 2. The van der Waals surface area contributed by atoms with Crippen molar-refractivity contribution in [2.24, 2.45) is 0 Å². The molecule has 7 heteroatoms. The number of aromatic nitrogens is 1. The summed E-state index contributed by atoms with van der Waals surface area (Å²) in [6.07, 6.45) is 2.33. The standard InChI is InChI=1S/C23H24Cl2N2O2S/c1-14-5-8-20(18(9-14)23(2,3)4)29-13-21(28)27-22-26-12-17(30-22)11-15-10-16(24)6-7-19(15)25/h5-10,12H,11,13H2,1-4H3,(H,26,27,28). The first-order chi connectivity index (χ1) is 14.1. The molecule has 3 aromatic rings. The van der Waals surface area contributed by atoms with E-state index < -0.39 is 0 Å². The Labute approximate surface area is 191 Å². The van der Waals surface area contributed by atoms with E-state index in [0.29, 0.717) is 21.6 Å². The van der Waals surface area contributed by atoms with E-state index in [0.717, 1.165) is 27.3 Å². The monoisotopic (exact) mass is 462 g/mol. The van der Waals surface area contributed by atoms with E-state index in [1.807, 2.05) is 25.1 Å². The number of ether oxygens (including phenoxy) is 1. The average Bonchev–Trinajstić information content (AvgIpc) is 3.09. The Balaban J connectivity index is 1.61. The largest absolute Gasteiger partial charge is 0.483 e. The molecule has 1 aromatic heterocycles. The summed E-state index contributed by atoms with van der Waals surface area (Å²) < 4.78 is 5.82. The highest BCUT2D eigenvalue weighted by molar-refractivity contribution is 7.15. The minimum absolute atomic E-state index is 0.0797. The van der Waals surface area contributed by atoms with E-state index in [-0.39, 0.29) is 17.9 Å². The molecule has 1 N–H and O–H groups in total. The van der Waals surface area contributed by atoms with Gasteiger partial charge in [-0.25, -0.2) is 4.98 Å². The minimum atomic E-state index is -0.253. The van der Waals surface area contributed by atoms with Crippen LogP contribution in [-0.4, -0.2) is 17.5 Å². The molecule has 0 atom stereocenters. The predicted octanol–water partition coefficient (Wildman–Crippen LogP) is 6.66. The van der Waals surface area contributed by atoms with Crippen LogP contribution in [0.25, 0.3) is 0 Å². The Morgan fingerprint density at radius 3 is 2.67 bits per heavy atom. The topological polar surface area (TPSA) is 51.2 Å². The van der Waals surface area contributed by atoms with Gasteiger partial charge in [0.05, 0.1) is 0 Å². The molecule has 2 aromatic carbocycles. The van der Waals surface area contributed by atoms with Crippen LogP contribution in [0.1, 0.15) is 42.3 Å². The fraction of sp³-hybridized carbons (Fsp3) is 0.304. The van der Waals surface area contributed by atoms with Gasteiger partial charge in [-0.2, -0.15) is 0 Å². The number of carbonyl (C=O) groups is 1. The number of nitrogens with zero attached hydrogens (tertiary/aromatic N) is 1. The molecule has 4 nitrogen and oxygen atoms in total. The maximum atomic E-state index is 12.4. The zero-order valence-corrected chi connectivity index (χ0v) is 19.7. The number of aryl methyl sites for hydroxylation is 1. The van der Waals surface area contributed by atoms with E-state index in [1.165, 1.54) is 11.3 Å². The van der Waals surface area contributed by atoms with Gasteiger partial charge in [0.1, 0.15) is 5.75 Å². The molecule has 1 heterocycles. The first-order valence-corrected chi connectivity index (χ1v) is 11.1. The van der Waals surface area contributed by atoms with Crippen LogP contribution in [0.3, 0.4) is 0 Å². The quantitative estimate of drug-likeness (QED) is 0.445. The Morgan fingerprint density at radius 2 is 1.93 bits per heavy atom. The first-order valence-electron chi connectivity index (χ1n) is 9.54. The Morgan fingerprint density at radius 1 is 1.17 bits per heavy atom. The normalized spacial score (nSPS) is 11.4. The van der Waals surface area contributed by atoms with Crippen LogP contribution >= 0.6 is 34.5 Å². The molecule has 0 saturated heterocycles. The smallest absolute Gasteiger partial charge is 0.264 e. The molecule has 0 spiro atoms. The van der Waals surface area contributed by atoms with Crippen molar-refractivity contribution < 1.29 is 9.53 Å². The van der Waals surface area contributed by atoms with E-state index in [1.54, 1.807) is 18.3 Å². The van der Waals surface area contributed by atoms with Gasteiger partial charge in [-0.15, -0.1) is 11.3 Å². The van der Waals surface area contributed by atoms with Crippen LogP contribution in [-0.2, 0) is 16.6 Å². The van der Waals surface area contributed by atoms with Crippen LogP contribution in [0.4, 0.5) is 5.13 Å². The molecule has 0 aliphatic heterocycles. The number of anilines is 1. The molecule has 0 aliphatic carbocycles. The lowest BCUT2D eigenvalue weighted by atomic mass is 9.85. The summed E-state index contributed by atoms with van der Waals surface area (Å²) in [4.78, 5) is 17.6. The highest BCUT2D eigenvalue weighted by atomic mass is 35.5. The molecule has 0 saturated carbocycles. The number of nitrogens with one attached hydrogen (secondary N) is 1. The van der Waals surface area contributed by atoms with Crippen molar-refractivity contribution in [1.29, 1.82) is 0 Å². The van der Waals surface area contributed by atoms with Gasteiger partial charge >= 0.3 is 0 Å². The van der Waals surface area contributed by atoms with Crippen LogP contribution in [0.5, 0.6) is 5.75 Å². The molecular formula is C23H24Cl2N2O2S. The van der Waals surface area contributed by atoms with Crippen LogP contribution in [0.15, 0.2) is 42.6 Å². The second kappa shape index (κ2) is 9.38. The molecule has 0 aliphatic rings. The molecule has 1 amide bonds. The van der Waals surface area contributed by atoms with Crippen LogP contribution in [0, 0.1) is 6.92 Å². The third kappa shape index (κ3) is 5.97. The summed E-state index contributed by atoms with van der Waals surface area (Å²) in [7, 11) is 0. The predicted molar refractivity (Wildman–Crippen MR) is 125 cm³/mol. The number of rotatable bonds is 6. The van der Waals surface area contributed by atoms with Gasteiger partial charge in [-0.3, -0.25) is 10.1 Å². The van der Waals surface area contributed by atoms with Crippen molar-refractivity contribution >= 4 is 45.6 Å². The van der Waals surface area contributed by atoms with Crippen molar-refractivity contribution in [3.8, 4) is 5.75 Å². The van der Waals surface area contributed by atoms with Gasteiger partial charge < -0.3 is 4.74 Å². The van der Waals surface area contributed by atoms with Gasteiger partial charge in [0.25, 0.3) is 5.91 Å². The summed E-state index contributed by atoms with van der Waals surface area (Å²) in [6.45, 7) is 8.33. The van der Waals surface area contributed by atoms with Gasteiger partial charge in [0.15, 0.2) is 11.7 Å². The zero-order chi connectivity index (χ0) is 21.9. The number of amides is 1. The summed E-state index contributed by atoms with van der Waals surface area (Å²) in [5.41, 5.74) is 3.07. The van der Waals surface area contributed by atoms with Gasteiger partial charge in [0.2, 0.25) is 0 Å². The molecule has 158 valence electrons. The van der Waals surface area contributed by atoms with E-state index in [4.69, 9.17) is 27.9 Å². The molecule has 0 fully saturated rings. The molecule has 0 radical (unpaired) electrons. The average molecular weight is 463 g/mol. The van der Waals surface area contributed by atoms with E-state index in [9.17, 15) is 4.79 Å². The molecule has 0 unspecified atom stereocenters. The van der Waals surface area contributed by atoms with Crippen molar-refractivity contribution in [2.75, 3.05) is 11.9 Å². The second-order valence-corrected chi connectivity index (χ2v) is 10.1. The Bertz CT molecular complexity index is 1060. The zero-order valence-electron chi connectivity index (χ0n) is 17.4. The maximum Gasteiger partial charge on any atom is 0.264 e. The fourth-order valence-electron chi connectivity index (χ4n) is 2.97. The maximum absolute atomic E-state index is 12.4. The van der Waals surface area contributed by atoms with E-state index in [2.05, 4.69) is 37.1 Å². The summed E-state index contributed by atoms with van der Waals surface area (Å²) in [5.74, 6) is 0.468. The molecule has 0 bridgehead atoms. The fourth-order valence-corrected chi connectivity index (χ4v) is 4.20. The van der Waals surface area contributed by atoms with Crippen molar-refractivity contribution in [3.63, 3.8) is 0 Å². The lowest BCUT2D eigenvalue weighted by Crippen LogP contribution is -2.22. The first kappa shape index (κ1) is 22.6. The Hall–Kier alpha value is -2.08. The third-order valence-electron chi connectivity index (χ3n) is 4.47. The lowest BCUT2D eigenvalue weighted by molar-refractivity contribution is -0.118. The number of thiazole rings is 1. The SMILES string of the molecule is Cc1ccc(OCC(=O)Nc2ncc(Cc3cc(Cl)ccc3Cl)s2)c(C(C)(C)C)c1. The Kier molecular flexibility index (Phi) is 7.06. The van der Waals surface area contributed by atoms with Gasteiger partial charge in [-0.05, 0) is 47.7 Å². The second-order valence-electron chi connectivity index (χ2n) is 8.13. The van der Waals surface area contributed by atoms with Crippen molar-refractivity contribution in [3.05, 3.63) is 74.2 Å². The number of carbonyl (C=O) groups excluding carboxylic acids is 1. The lowest BCUT2D eigenvalue weighted by Gasteiger charge is -2.23. The van der Waals surface area contributed by atoms with Crippen molar-refractivity contribution in [2.45, 2.75) is 39.5 Å². The molecular weight excluding hydrogens is 439 g/mol. The van der Waals surface area contributed by atoms with Crippen molar-refractivity contribution in [1.82, 2.24) is 4.98 Å². The minimum Gasteiger partial charge on any atom is -0.483 e. The van der Waals surface area contributed by atoms with Crippen LogP contribution < -0.4 is 10.1 Å². The highest BCUT2D eigenvalue weighted by Crippen LogP contribution is 2.32. The van der Waals surface area contributed by atoms with Crippen LogP contribution in [0.2, 0.25) is 10.0 Å². The highest BCUT2D eigenvalue weighted by Gasteiger charge is 2.20. The van der Waals surface area contributed by atoms with E-state index >= 15 is 0 Å². The molecule has 3 rings (SSSR count). The molecule has 30 heavy (non-hydrogen) atoms. The third-order valence-corrected chi connectivity index (χ3v) is 5.99. The van der Waals surface area contributed by atoms with Gasteiger partial charge in [0, 0.05) is 27.5 Å². The summed E-state index contributed by atoms with van der Waals surface area (Å²) >= 11 is 13.7. The number of hydrogen-bond donors (Lipinski definition) is 1. The number of halogens is 2. The number of hydrogen-bond acceptors (Lipinski definition) is 4.